The van der Waals surface area contributed by atoms with E-state index in [0.717, 1.165) is 11.6 Å². The van der Waals surface area contributed by atoms with E-state index < -0.39 is 11.7 Å². The third-order valence-corrected chi connectivity index (χ3v) is 4.04. The van der Waals surface area contributed by atoms with Gasteiger partial charge in [0.25, 0.3) is 5.91 Å². The minimum Gasteiger partial charge on any atom is -0.493 e. The summed E-state index contributed by atoms with van der Waals surface area (Å²) in [5, 5.41) is 3.12. The molecule has 0 unspecified atom stereocenters. The number of imidazole rings is 1. The van der Waals surface area contributed by atoms with E-state index in [1.807, 2.05) is 6.92 Å². The van der Waals surface area contributed by atoms with Crippen molar-refractivity contribution in [3.05, 3.63) is 52.6 Å². The summed E-state index contributed by atoms with van der Waals surface area (Å²) in [6, 6.07) is 5.86. The lowest BCUT2D eigenvalue weighted by molar-refractivity contribution is 0.0952. The highest BCUT2D eigenvalue weighted by Crippen LogP contribution is 2.36. The molecule has 0 fully saturated rings. The first-order chi connectivity index (χ1) is 12.5. The third-order valence-electron chi connectivity index (χ3n) is 3.76. The molecule has 1 heterocycles. The van der Waals surface area contributed by atoms with Gasteiger partial charge in [-0.2, -0.15) is 0 Å². The van der Waals surface area contributed by atoms with Crippen LogP contribution in [-0.2, 0) is 6.54 Å². The fourth-order valence-electron chi connectivity index (χ4n) is 2.63. The Labute approximate surface area is 154 Å². The second-order valence-corrected chi connectivity index (χ2v) is 5.88. The maximum Gasteiger partial charge on any atom is 0.253 e. The summed E-state index contributed by atoms with van der Waals surface area (Å²) in [5.74, 6) is -0.0255. The van der Waals surface area contributed by atoms with Crippen LogP contribution in [-0.4, -0.2) is 29.6 Å². The number of hydrogen-bond acceptors (Lipinski definition) is 4. The van der Waals surface area contributed by atoms with Crippen LogP contribution < -0.4 is 14.8 Å². The van der Waals surface area contributed by atoms with Crippen molar-refractivity contribution in [1.29, 1.82) is 0 Å². The number of nitrogens with zero attached hydrogens (tertiary/aromatic N) is 1. The van der Waals surface area contributed by atoms with Gasteiger partial charge in [0.15, 0.2) is 11.5 Å². The number of carbonyl (C=O) groups is 1. The standard InChI is InChI=1S/C18H17ClFN3O3/c1-3-26-17-13(19)4-10(5-15(17)25-2)8-21-18(24)12-6-11(20)7-14-16(12)23-9-22-14/h4-7,9H,3,8H2,1-2H3,(H,21,24)(H,22,23). The molecule has 0 bridgehead atoms. The van der Waals surface area contributed by atoms with Crippen LogP contribution >= 0.6 is 11.6 Å². The van der Waals surface area contributed by atoms with E-state index in [0.29, 0.717) is 34.2 Å². The van der Waals surface area contributed by atoms with Crippen LogP contribution in [0.5, 0.6) is 11.5 Å². The van der Waals surface area contributed by atoms with Crippen LogP contribution in [0.3, 0.4) is 0 Å². The molecular formula is C18H17ClFN3O3. The van der Waals surface area contributed by atoms with Crippen molar-refractivity contribution in [1.82, 2.24) is 15.3 Å². The number of ether oxygens (including phenoxy) is 2. The van der Waals surface area contributed by atoms with Gasteiger partial charge in [-0.1, -0.05) is 11.6 Å². The smallest absolute Gasteiger partial charge is 0.253 e. The maximum absolute atomic E-state index is 13.7. The van der Waals surface area contributed by atoms with E-state index in [2.05, 4.69) is 15.3 Å². The van der Waals surface area contributed by atoms with Gasteiger partial charge in [0.05, 0.1) is 36.1 Å². The van der Waals surface area contributed by atoms with Gasteiger partial charge in [0, 0.05) is 6.54 Å². The topological polar surface area (TPSA) is 76.2 Å². The molecule has 3 aromatic rings. The number of carbonyl (C=O) groups excluding carboxylic acids is 1. The van der Waals surface area contributed by atoms with E-state index in [1.165, 1.54) is 19.5 Å². The van der Waals surface area contributed by atoms with Crippen LogP contribution in [0.15, 0.2) is 30.6 Å². The molecule has 0 aliphatic heterocycles. The third kappa shape index (κ3) is 3.57. The van der Waals surface area contributed by atoms with Crippen molar-refractivity contribution in [3.8, 4) is 11.5 Å². The van der Waals surface area contributed by atoms with Crippen molar-refractivity contribution in [2.45, 2.75) is 13.5 Å². The van der Waals surface area contributed by atoms with E-state index in [4.69, 9.17) is 21.1 Å². The highest BCUT2D eigenvalue weighted by Gasteiger charge is 2.16. The van der Waals surface area contributed by atoms with Gasteiger partial charge in [-0.15, -0.1) is 0 Å². The fourth-order valence-corrected chi connectivity index (χ4v) is 2.91. The van der Waals surface area contributed by atoms with Gasteiger partial charge < -0.3 is 19.8 Å². The van der Waals surface area contributed by atoms with Crippen molar-refractivity contribution in [2.24, 2.45) is 0 Å². The summed E-state index contributed by atoms with van der Waals surface area (Å²) in [7, 11) is 1.51. The molecule has 3 rings (SSSR count). The Balaban J connectivity index is 1.81. The van der Waals surface area contributed by atoms with Crippen molar-refractivity contribution in [3.63, 3.8) is 0 Å². The van der Waals surface area contributed by atoms with Gasteiger partial charge in [-0.05, 0) is 36.8 Å². The highest BCUT2D eigenvalue weighted by atomic mass is 35.5. The second kappa shape index (κ2) is 7.61. The summed E-state index contributed by atoms with van der Waals surface area (Å²) >= 11 is 6.23. The molecule has 0 saturated heterocycles. The molecule has 1 aromatic heterocycles. The Morgan fingerprint density at radius 3 is 2.88 bits per heavy atom. The number of aromatic nitrogens is 2. The first kappa shape index (κ1) is 18.0. The molecule has 136 valence electrons. The Morgan fingerprint density at radius 1 is 1.35 bits per heavy atom. The predicted octanol–water partition coefficient (Wildman–Crippen LogP) is 3.69. The Kier molecular flexibility index (Phi) is 5.27. The summed E-state index contributed by atoms with van der Waals surface area (Å²) in [6.07, 6.45) is 1.41. The number of aromatic amines is 1. The molecule has 0 aliphatic rings. The van der Waals surface area contributed by atoms with Crippen molar-refractivity contribution >= 4 is 28.5 Å². The van der Waals surface area contributed by atoms with E-state index in [9.17, 15) is 9.18 Å². The van der Waals surface area contributed by atoms with Gasteiger partial charge in [-0.3, -0.25) is 4.79 Å². The summed E-state index contributed by atoms with van der Waals surface area (Å²) in [5.41, 5.74) is 1.75. The van der Waals surface area contributed by atoms with Crippen molar-refractivity contribution < 1.29 is 18.7 Å². The molecule has 0 aliphatic carbocycles. The maximum atomic E-state index is 13.7. The minimum atomic E-state index is -0.516. The lowest BCUT2D eigenvalue weighted by Crippen LogP contribution is -2.23. The number of fused-ring (bicyclic) bond motifs is 1. The molecule has 0 atom stereocenters. The SMILES string of the molecule is CCOc1c(Cl)cc(CNC(=O)c2cc(F)cc3[nH]cnc23)cc1OC. The number of methoxy groups -OCH3 is 1. The first-order valence-corrected chi connectivity index (χ1v) is 8.31. The van der Waals surface area contributed by atoms with E-state index >= 15 is 0 Å². The summed E-state index contributed by atoms with van der Waals surface area (Å²) in [4.78, 5) is 19.3. The van der Waals surface area contributed by atoms with Crippen molar-refractivity contribution in [2.75, 3.05) is 13.7 Å². The molecule has 2 N–H and O–H groups in total. The Hall–Kier alpha value is -2.80. The average Bonchev–Trinajstić information content (AvgIpc) is 3.09. The van der Waals surface area contributed by atoms with Gasteiger partial charge in [0.2, 0.25) is 0 Å². The van der Waals surface area contributed by atoms with Gasteiger partial charge in [0.1, 0.15) is 11.3 Å². The Bertz CT molecular complexity index is 958. The average molecular weight is 378 g/mol. The lowest BCUT2D eigenvalue weighted by atomic mass is 10.1. The molecule has 8 heteroatoms. The van der Waals surface area contributed by atoms with Crippen LogP contribution in [0.25, 0.3) is 11.0 Å². The lowest BCUT2D eigenvalue weighted by Gasteiger charge is -2.13. The zero-order chi connectivity index (χ0) is 18.7. The Morgan fingerprint density at radius 2 is 2.15 bits per heavy atom. The number of halogens is 2. The van der Waals surface area contributed by atoms with Crippen LogP contribution in [0.2, 0.25) is 5.02 Å². The predicted molar refractivity (Wildman–Crippen MR) is 96.4 cm³/mol. The largest absolute Gasteiger partial charge is 0.493 e. The molecule has 0 spiro atoms. The molecule has 0 saturated carbocycles. The normalized spacial score (nSPS) is 10.8. The number of amides is 1. The quantitative estimate of drug-likeness (QED) is 0.686. The number of rotatable bonds is 6. The first-order valence-electron chi connectivity index (χ1n) is 7.93. The monoisotopic (exact) mass is 377 g/mol. The minimum absolute atomic E-state index is 0.158. The number of hydrogen-bond donors (Lipinski definition) is 2. The molecular weight excluding hydrogens is 361 g/mol. The van der Waals surface area contributed by atoms with E-state index in [-0.39, 0.29) is 12.1 Å². The molecule has 26 heavy (non-hydrogen) atoms. The molecule has 0 radical (unpaired) electrons. The molecule has 2 aromatic carbocycles. The zero-order valence-electron chi connectivity index (χ0n) is 14.2. The number of nitrogens with one attached hydrogen (secondary N) is 2. The van der Waals surface area contributed by atoms with Crippen LogP contribution in [0, 0.1) is 5.82 Å². The molecule has 6 nitrogen and oxygen atoms in total. The van der Waals surface area contributed by atoms with E-state index in [1.54, 1.807) is 12.1 Å². The summed E-state index contributed by atoms with van der Waals surface area (Å²) < 4.78 is 24.4. The van der Waals surface area contributed by atoms with Crippen LogP contribution in [0.1, 0.15) is 22.8 Å². The zero-order valence-corrected chi connectivity index (χ0v) is 15.0. The summed E-state index contributed by atoms with van der Waals surface area (Å²) in [6.45, 7) is 2.48. The highest BCUT2D eigenvalue weighted by molar-refractivity contribution is 6.32. The fraction of sp³-hybridized carbons (Fsp3) is 0.222. The molecule has 1 amide bonds. The van der Waals surface area contributed by atoms with Gasteiger partial charge in [-0.25, -0.2) is 9.37 Å². The van der Waals surface area contributed by atoms with Gasteiger partial charge >= 0.3 is 0 Å². The number of benzene rings is 2. The second-order valence-electron chi connectivity index (χ2n) is 5.48. The number of H-pyrrole nitrogens is 1. The van der Waals surface area contributed by atoms with Crippen LogP contribution in [0.4, 0.5) is 4.39 Å².